The number of hydrogen-bond donors (Lipinski definition) is 2. The highest BCUT2D eigenvalue weighted by Gasteiger charge is 2.44. The van der Waals surface area contributed by atoms with Crippen molar-refractivity contribution in [3.63, 3.8) is 0 Å². The molecular formula is C19H26BrIN6. The summed E-state index contributed by atoms with van der Waals surface area (Å²) >= 11 is 3.59. The summed E-state index contributed by atoms with van der Waals surface area (Å²) in [7, 11) is 0. The average molecular weight is 545 g/mol. The smallest absolute Gasteiger partial charge is 0.191 e. The van der Waals surface area contributed by atoms with E-state index in [1.165, 1.54) is 18.4 Å². The quantitative estimate of drug-likeness (QED) is 0.344. The lowest BCUT2D eigenvalue weighted by Gasteiger charge is -2.25. The van der Waals surface area contributed by atoms with Crippen molar-refractivity contribution in [2.24, 2.45) is 4.99 Å². The van der Waals surface area contributed by atoms with Gasteiger partial charge in [-0.2, -0.15) is 5.10 Å². The van der Waals surface area contributed by atoms with Gasteiger partial charge in [0.05, 0.1) is 13.1 Å². The Hall–Kier alpha value is -1.16. The van der Waals surface area contributed by atoms with Crippen LogP contribution < -0.4 is 10.6 Å². The molecule has 0 bridgehead atoms. The van der Waals surface area contributed by atoms with Crippen molar-refractivity contribution in [1.29, 1.82) is 0 Å². The van der Waals surface area contributed by atoms with E-state index < -0.39 is 0 Å². The minimum atomic E-state index is 0. The molecule has 1 fully saturated rings. The molecule has 1 atom stereocenters. The van der Waals surface area contributed by atoms with Crippen LogP contribution >= 0.6 is 39.9 Å². The summed E-state index contributed by atoms with van der Waals surface area (Å²) in [5.74, 6) is 1.99. The molecule has 27 heavy (non-hydrogen) atoms. The van der Waals surface area contributed by atoms with Crippen molar-refractivity contribution in [1.82, 2.24) is 25.4 Å². The molecule has 2 aliphatic rings. The Morgan fingerprint density at radius 3 is 3.00 bits per heavy atom. The monoisotopic (exact) mass is 544 g/mol. The molecule has 2 N–H and O–H groups in total. The highest BCUT2D eigenvalue weighted by molar-refractivity contribution is 14.0. The Balaban J connectivity index is 0.00000210. The second-order valence-corrected chi connectivity index (χ2v) is 8.14. The van der Waals surface area contributed by atoms with Gasteiger partial charge in [0.15, 0.2) is 5.96 Å². The lowest BCUT2D eigenvalue weighted by molar-refractivity contribution is 0.392. The summed E-state index contributed by atoms with van der Waals surface area (Å²) in [5.41, 5.74) is 1.59. The molecule has 0 amide bonds. The van der Waals surface area contributed by atoms with Gasteiger partial charge in [0.2, 0.25) is 0 Å². The molecule has 146 valence electrons. The Kier molecular flexibility index (Phi) is 6.78. The van der Waals surface area contributed by atoms with Crippen LogP contribution in [0.1, 0.15) is 37.6 Å². The molecule has 1 aromatic carbocycles. The lowest BCUT2D eigenvalue weighted by atomic mass is 9.96. The van der Waals surface area contributed by atoms with E-state index in [0.717, 1.165) is 48.7 Å². The fourth-order valence-electron chi connectivity index (χ4n) is 3.61. The molecule has 0 radical (unpaired) electrons. The Morgan fingerprint density at radius 1 is 1.41 bits per heavy atom. The Labute approximate surface area is 185 Å². The number of aromatic nitrogens is 3. The molecule has 1 aromatic heterocycles. The highest BCUT2D eigenvalue weighted by atomic mass is 127. The molecule has 1 aliphatic heterocycles. The van der Waals surface area contributed by atoms with Gasteiger partial charge in [0, 0.05) is 28.9 Å². The molecule has 1 unspecified atom stereocenters. The maximum absolute atomic E-state index is 4.93. The van der Waals surface area contributed by atoms with Crippen LogP contribution in [-0.2, 0) is 18.4 Å². The van der Waals surface area contributed by atoms with Crippen LogP contribution in [0, 0.1) is 0 Å². The molecule has 6 nitrogen and oxygen atoms in total. The third-order valence-electron chi connectivity index (χ3n) is 5.32. The number of fused-ring (bicyclic) bond motifs is 1. The Bertz CT molecular complexity index is 801. The van der Waals surface area contributed by atoms with Crippen LogP contribution in [0.5, 0.6) is 0 Å². The average Bonchev–Trinajstić information content (AvgIpc) is 3.29. The van der Waals surface area contributed by atoms with Crippen molar-refractivity contribution in [3.8, 4) is 0 Å². The van der Waals surface area contributed by atoms with Gasteiger partial charge in [-0.25, -0.2) is 9.67 Å². The van der Waals surface area contributed by atoms with Crippen LogP contribution in [0.2, 0.25) is 0 Å². The van der Waals surface area contributed by atoms with Gasteiger partial charge in [-0.1, -0.05) is 28.1 Å². The molecule has 2 aromatic rings. The highest BCUT2D eigenvalue weighted by Crippen LogP contribution is 2.48. The van der Waals surface area contributed by atoms with Crippen molar-refractivity contribution >= 4 is 45.9 Å². The summed E-state index contributed by atoms with van der Waals surface area (Å²) in [6.07, 6.45) is 6.07. The molecular weight excluding hydrogens is 519 g/mol. The fourth-order valence-corrected chi connectivity index (χ4v) is 4.01. The van der Waals surface area contributed by atoms with Gasteiger partial charge < -0.3 is 10.6 Å². The summed E-state index contributed by atoms with van der Waals surface area (Å²) in [4.78, 5) is 9.22. The largest absolute Gasteiger partial charge is 0.357 e. The lowest BCUT2D eigenvalue weighted by Crippen LogP contribution is -2.47. The zero-order chi connectivity index (χ0) is 18.0. The molecule has 4 rings (SSSR count). The van der Waals surface area contributed by atoms with Gasteiger partial charge in [0.1, 0.15) is 12.2 Å². The maximum atomic E-state index is 4.93. The van der Waals surface area contributed by atoms with E-state index in [1.807, 2.05) is 4.68 Å². The van der Waals surface area contributed by atoms with E-state index in [2.05, 4.69) is 67.8 Å². The van der Waals surface area contributed by atoms with Gasteiger partial charge in [-0.3, -0.25) is 4.99 Å². The van der Waals surface area contributed by atoms with E-state index in [9.17, 15) is 0 Å². The van der Waals surface area contributed by atoms with Crippen LogP contribution in [0.4, 0.5) is 0 Å². The van der Waals surface area contributed by atoms with E-state index in [4.69, 9.17) is 4.99 Å². The predicted octanol–water partition coefficient (Wildman–Crippen LogP) is 3.26. The first-order valence-electron chi connectivity index (χ1n) is 9.36. The number of aliphatic imine (C=N–C) groups is 1. The maximum Gasteiger partial charge on any atom is 0.191 e. The van der Waals surface area contributed by atoms with E-state index in [-0.39, 0.29) is 29.4 Å². The van der Waals surface area contributed by atoms with Crippen LogP contribution in [-0.4, -0.2) is 39.9 Å². The molecule has 0 saturated heterocycles. The zero-order valence-electron chi connectivity index (χ0n) is 15.5. The minimum Gasteiger partial charge on any atom is -0.357 e. The number of rotatable bonds is 5. The summed E-state index contributed by atoms with van der Waals surface area (Å²) in [6.45, 7) is 4.63. The van der Waals surface area contributed by atoms with Gasteiger partial charge in [-0.15, -0.1) is 24.0 Å². The number of nitrogens with one attached hydrogen (secondary N) is 2. The number of nitrogens with zero attached hydrogens (tertiary/aromatic N) is 4. The summed E-state index contributed by atoms with van der Waals surface area (Å²) in [6, 6.07) is 8.99. The van der Waals surface area contributed by atoms with Crippen molar-refractivity contribution in [3.05, 3.63) is 46.5 Å². The number of aryl methyl sites for hydroxylation is 1. The second-order valence-electron chi connectivity index (χ2n) is 7.22. The molecule has 0 spiro atoms. The summed E-state index contributed by atoms with van der Waals surface area (Å²) < 4.78 is 3.13. The third kappa shape index (κ3) is 4.82. The van der Waals surface area contributed by atoms with Gasteiger partial charge in [0.25, 0.3) is 0 Å². The first kappa shape index (κ1) is 20.6. The number of hydrogen-bond acceptors (Lipinski definition) is 3. The number of guanidine groups is 1. The van der Waals surface area contributed by atoms with Gasteiger partial charge in [-0.05, 0) is 43.9 Å². The standard InChI is InChI=1S/C19H25BrN6.HI/c1-2-21-18(25-16-6-7-17-23-13-24-26(17)11-16)22-12-19(8-9-19)14-4-3-5-15(20)10-14;/h3-5,10,13,16H,2,6-9,11-12H2,1H3,(H2,21,22,25);1H. The SMILES string of the molecule is CCNC(=NCC1(c2cccc(Br)c2)CC1)NC1CCc2ncnn2C1.I. The zero-order valence-corrected chi connectivity index (χ0v) is 19.4. The van der Waals surface area contributed by atoms with E-state index in [1.54, 1.807) is 6.33 Å². The predicted molar refractivity (Wildman–Crippen MR) is 122 cm³/mol. The summed E-state index contributed by atoms with van der Waals surface area (Å²) in [5, 5.41) is 11.3. The minimum absolute atomic E-state index is 0. The molecule has 8 heteroatoms. The fraction of sp³-hybridized carbons (Fsp3) is 0.526. The molecule has 1 aliphatic carbocycles. The second kappa shape index (κ2) is 8.89. The topological polar surface area (TPSA) is 67.1 Å². The van der Waals surface area contributed by atoms with E-state index in [0.29, 0.717) is 6.04 Å². The van der Waals surface area contributed by atoms with Crippen molar-refractivity contribution in [2.45, 2.75) is 50.6 Å². The normalized spacial score (nSPS) is 20.4. The third-order valence-corrected chi connectivity index (χ3v) is 5.81. The van der Waals surface area contributed by atoms with Crippen molar-refractivity contribution in [2.75, 3.05) is 13.1 Å². The van der Waals surface area contributed by atoms with E-state index >= 15 is 0 Å². The molecule has 2 heterocycles. The van der Waals surface area contributed by atoms with Crippen LogP contribution in [0.3, 0.4) is 0 Å². The van der Waals surface area contributed by atoms with Crippen LogP contribution in [0.25, 0.3) is 0 Å². The number of halogens is 2. The first-order chi connectivity index (χ1) is 12.7. The molecule has 1 saturated carbocycles. The number of benzene rings is 1. The van der Waals surface area contributed by atoms with Crippen LogP contribution in [0.15, 0.2) is 40.1 Å². The van der Waals surface area contributed by atoms with Gasteiger partial charge >= 0.3 is 0 Å². The first-order valence-corrected chi connectivity index (χ1v) is 10.2. The Morgan fingerprint density at radius 2 is 2.26 bits per heavy atom. The van der Waals surface area contributed by atoms with Crippen molar-refractivity contribution < 1.29 is 0 Å².